The Morgan fingerprint density at radius 3 is 2.89 bits per heavy atom. The van der Waals surface area contributed by atoms with E-state index in [2.05, 4.69) is 16.9 Å². The molecule has 1 amide bonds. The minimum absolute atomic E-state index is 0.111. The number of nitrogens with zero attached hydrogens (tertiary/aromatic N) is 1. The van der Waals surface area contributed by atoms with Crippen molar-refractivity contribution in [3.8, 4) is 0 Å². The van der Waals surface area contributed by atoms with Crippen molar-refractivity contribution in [2.75, 3.05) is 5.73 Å². The molecule has 5 N–H and O–H groups in total. The zero-order valence-electron chi connectivity index (χ0n) is 11.0. The Labute approximate surface area is 113 Å². The summed E-state index contributed by atoms with van der Waals surface area (Å²) in [6.07, 6.45) is 7.13. The Bertz CT molecular complexity index is 453. The Balaban J connectivity index is 2.50. The van der Waals surface area contributed by atoms with Gasteiger partial charge < -0.3 is 16.8 Å². The highest BCUT2D eigenvalue weighted by Crippen LogP contribution is 2.03. The molecule has 0 aliphatic carbocycles. The highest BCUT2D eigenvalue weighted by atomic mass is 16.1. The van der Waals surface area contributed by atoms with Crippen LogP contribution in [0.4, 0.5) is 5.82 Å². The molecule has 0 saturated heterocycles. The number of nitrogen functional groups attached to an aromatic ring is 1. The molecule has 0 aromatic carbocycles. The fourth-order valence-corrected chi connectivity index (χ4v) is 1.46. The normalized spacial score (nSPS) is 14.0. The van der Waals surface area contributed by atoms with Crippen LogP contribution in [0.15, 0.2) is 37.1 Å². The van der Waals surface area contributed by atoms with Crippen molar-refractivity contribution >= 4 is 17.8 Å². The first kappa shape index (κ1) is 14.9. The van der Waals surface area contributed by atoms with E-state index < -0.39 is 0 Å². The quantitative estimate of drug-likeness (QED) is 0.527. The van der Waals surface area contributed by atoms with Crippen molar-refractivity contribution < 1.29 is 4.79 Å². The molecule has 1 heterocycles. The molecule has 0 saturated carbocycles. The van der Waals surface area contributed by atoms with Crippen molar-refractivity contribution in [2.45, 2.75) is 25.4 Å². The molecule has 2 atom stereocenters. The monoisotopic (exact) mass is 260 g/mol. The average Bonchev–Trinajstić information content (AvgIpc) is 2.38. The molecule has 0 aliphatic rings. The Morgan fingerprint density at radius 1 is 1.58 bits per heavy atom. The van der Waals surface area contributed by atoms with Gasteiger partial charge in [-0.3, -0.25) is 4.79 Å². The van der Waals surface area contributed by atoms with Crippen LogP contribution < -0.4 is 16.8 Å². The first-order valence-electron chi connectivity index (χ1n) is 6.09. The Kier molecular flexibility index (Phi) is 5.75. The molecule has 0 spiro atoms. The molecule has 1 aromatic rings. The van der Waals surface area contributed by atoms with Gasteiger partial charge in [0.15, 0.2) is 0 Å². The van der Waals surface area contributed by atoms with Gasteiger partial charge in [-0.05, 0) is 37.1 Å². The molecule has 19 heavy (non-hydrogen) atoms. The van der Waals surface area contributed by atoms with E-state index in [-0.39, 0.29) is 18.0 Å². The molecule has 0 fully saturated rings. The highest BCUT2D eigenvalue weighted by Gasteiger charge is 2.12. The van der Waals surface area contributed by atoms with Crippen LogP contribution in [0.25, 0.3) is 6.08 Å². The van der Waals surface area contributed by atoms with Crippen LogP contribution in [0.3, 0.4) is 0 Å². The summed E-state index contributed by atoms with van der Waals surface area (Å²) in [5.41, 5.74) is 12.2. The zero-order valence-corrected chi connectivity index (χ0v) is 11.0. The minimum Gasteiger partial charge on any atom is -0.384 e. The van der Waals surface area contributed by atoms with E-state index in [0.29, 0.717) is 12.2 Å². The second kappa shape index (κ2) is 7.33. The molecule has 5 nitrogen and oxygen atoms in total. The molecule has 0 aliphatic heterocycles. The van der Waals surface area contributed by atoms with Gasteiger partial charge in [-0.15, -0.1) is 6.58 Å². The lowest BCUT2D eigenvalue weighted by Crippen LogP contribution is -2.44. The van der Waals surface area contributed by atoms with Crippen LogP contribution in [0.1, 0.15) is 18.9 Å². The molecular formula is C14H20N4O. The van der Waals surface area contributed by atoms with Gasteiger partial charge in [-0.1, -0.05) is 6.08 Å². The maximum Gasteiger partial charge on any atom is 0.244 e. The topological polar surface area (TPSA) is 94.0 Å². The lowest BCUT2D eigenvalue weighted by atomic mass is 10.1. The summed E-state index contributed by atoms with van der Waals surface area (Å²) in [5, 5.41) is 2.80. The number of rotatable bonds is 6. The van der Waals surface area contributed by atoms with Crippen molar-refractivity contribution in [1.29, 1.82) is 0 Å². The summed E-state index contributed by atoms with van der Waals surface area (Å²) in [6, 6.07) is 3.23. The molecule has 102 valence electrons. The van der Waals surface area contributed by atoms with Crippen LogP contribution in [-0.4, -0.2) is 23.0 Å². The summed E-state index contributed by atoms with van der Waals surface area (Å²) in [4.78, 5) is 15.6. The maximum absolute atomic E-state index is 11.7. The third-order valence-electron chi connectivity index (χ3n) is 2.69. The summed E-state index contributed by atoms with van der Waals surface area (Å²) < 4.78 is 0. The average molecular weight is 260 g/mol. The van der Waals surface area contributed by atoms with Crippen molar-refractivity contribution in [2.24, 2.45) is 5.73 Å². The molecular weight excluding hydrogens is 240 g/mol. The Morgan fingerprint density at radius 2 is 2.32 bits per heavy atom. The van der Waals surface area contributed by atoms with E-state index in [9.17, 15) is 4.79 Å². The van der Waals surface area contributed by atoms with Gasteiger partial charge in [-0.2, -0.15) is 0 Å². The number of hydrogen-bond acceptors (Lipinski definition) is 4. The summed E-state index contributed by atoms with van der Waals surface area (Å²) in [7, 11) is 0. The number of hydrogen-bond donors (Lipinski definition) is 3. The number of carbonyl (C=O) groups excluding carboxylic acids is 1. The van der Waals surface area contributed by atoms with E-state index in [4.69, 9.17) is 11.5 Å². The van der Waals surface area contributed by atoms with Gasteiger partial charge in [0, 0.05) is 24.4 Å². The molecule has 0 radical (unpaired) electrons. The first-order valence-corrected chi connectivity index (χ1v) is 6.09. The number of amides is 1. The van der Waals surface area contributed by atoms with Gasteiger partial charge in [0.25, 0.3) is 0 Å². The third-order valence-corrected chi connectivity index (χ3v) is 2.69. The summed E-state index contributed by atoms with van der Waals surface area (Å²) in [6.45, 7) is 5.49. The van der Waals surface area contributed by atoms with Crippen molar-refractivity contribution in [3.63, 3.8) is 0 Å². The van der Waals surface area contributed by atoms with Crippen molar-refractivity contribution in [1.82, 2.24) is 10.3 Å². The van der Waals surface area contributed by atoms with E-state index in [0.717, 1.165) is 5.56 Å². The van der Waals surface area contributed by atoms with E-state index >= 15 is 0 Å². The number of nitrogens with two attached hydrogens (primary N) is 2. The van der Waals surface area contributed by atoms with Crippen molar-refractivity contribution in [3.05, 3.63) is 42.6 Å². The van der Waals surface area contributed by atoms with Crippen LogP contribution in [0.5, 0.6) is 0 Å². The second-order valence-electron chi connectivity index (χ2n) is 4.34. The fourth-order valence-electron chi connectivity index (χ4n) is 1.46. The highest BCUT2D eigenvalue weighted by molar-refractivity contribution is 5.91. The molecule has 1 unspecified atom stereocenters. The number of anilines is 1. The summed E-state index contributed by atoms with van der Waals surface area (Å²) in [5.74, 6) is 0.259. The number of pyridine rings is 1. The first-order chi connectivity index (χ1) is 9.02. The molecule has 1 aromatic heterocycles. The van der Waals surface area contributed by atoms with Gasteiger partial charge in [-0.25, -0.2) is 4.98 Å². The maximum atomic E-state index is 11.7. The number of nitrogens with one attached hydrogen (secondary N) is 1. The lowest BCUT2D eigenvalue weighted by Gasteiger charge is -2.18. The van der Waals surface area contributed by atoms with E-state index in [1.54, 1.807) is 30.5 Å². The van der Waals surface area contributed by atoms with Gasteiger partial charge in [0.05, 0.1) is 0 Å². The predicted octanol–water partition coefficient (Wildman–Crippen LogP) is 1.09. The standard InChI is InChI=1S/C14H20N4O/c1-3-4-12(15)10(2)18-14(19)8-6-11-5-7-13(16)17-9-11/h3,5-10,12H,1,4,15H2,2H3,(H2,16,17)(H,18,19)/b8-6+/t10-,12?/m1/s1. The van der Waals surface area contributed by atoms with E-state index in [1.807, 2.05) is 6.92 Å². The second-order valence-corrected chi connectivity index (χ2v) is 4.34. The Hall–Kier alpha value is -2.14. The van der Waals surface area contributed by atoms with Crippen LogP contribution in [0, 0.1) is 0 Å². The number of carbonyl (C=O) groups is 1. The zero-order chi connectivity index (χ0) is 14.3. The van der Waals surface area contributed by atoms with Gasteiger partial charge >= 0.3 is 0 Å². The minimum atomic E-state index is -0.191. The molecule has 5 heteroatoms. The smallest absolute Gasteiger partial charge is 0.244 e. The molecule has 0 bridgehead atoms. The molecule has 1 rings (SSSR count). The summed E-state index contributed by atoms with van der Waals surface area (Å²) >= 11 is 0. The van der Waals surface area contributed by atoms with Crippen LogP contribution in [0.2, 0.25) is 0 Å². The van der Waals surface area contributed by atoms with Crippen LogP contribution >= 0.6 is 0 Å². The SMILES string of the molecule is C=CCC(N)[C@@H](C)NC(=O)/C=C/c1ccc(N)nc1. The largest absolute Gasteiger partial charge is 0.384 e. The van der Waals surface area contributed by atoms with Gasteiger partial charge in [0.1, 0.15) is 5.82 Å². The van der Waals surface area contributed by atoms with Crippen LogP contribution in [-0.2, 0) is 4.79 Å². The number of aromatic nitrogens is 1. The predicted molar refractivity (Wildman–Crippen MR) is 78.1 cm³/mol. The van der Waals surface area contributed by atoms with E-state index in [1.165, 1.54) is 6.08 Å². The lowest BCUT2D eigenvalue weighted by molar-refractivity contribution is -0.117. The van der Waals surface area contributed by atoms with Gasteiger partial charge in [0.2, 0.25) is 5.91 Å². The third kappa shape index (κ3) is 5.35. The fraction of sp³-hybridized carbons (Fsp3) is 0.286.